The summed E-state index contributed by atoms with van der Waals surface area (Å²) in [5.41, 5.74) is 2.74. The molecule has 23 heavy (non-hydrogen) atoms. The number of benzene rings is 2. The van der Waals surface area contributed by atoms with E-state index in [1.807, 2.05) is 60.7 Å². The van der Waals surface area contributed by atoms with Crippen molar-refractivity contribution in [3.63, 3.8) is 0 Å². The van der Waals surface area contributed by atoms with Crippen LogP contribution >= 0.6 is 35.1 Å². The highest BCUT2D eigenvalue weighted by Crippen LogP contribution is 2.35. The van der Waals surface area contributed by atoms with E-state index >= 15 is 0 Å². The number of rotatable bonds is 4. The van der Waals surface area contributed by atoms with E-state index < -0.39 is 0 Å². The number of carbonyl (C=O) groups is 1. The molecule has 0 spiro atoms. The Hall–Kier alpha value is -1.16. The maximum Gasteiger partial charge on any atom is 0.186 e. The maximum atomic E-state index is 13.0. The van der Waals surface area contributed by atoms with Crippen LogP contribution in [0.4, 0.5) is 0 Å². The number of hydrogen-bond acceptors (Lipinski definition) is 3. The molecule has 0 bridgehead atoms. The minimum Gasteiger partial charge on any atom is -0.292 e. The Balaban J connectivity index is 1.96. The third kappa shape index (κ3) is 4.43. The van der Waals surface area contributed by atoms with Crippen LogP contribution < -0.4 is 0 Å². The Kier molecular flexibility index (Phi) is 5.87. The number of thioether (sulfide) groups is 2. The second-order valence-electron chi connectivity index (χ2n) is 5.27. The largest absolute Gasteiger partial charge is 0.292 e. The minimum atomic E-state index is 0.00232. The molecule has 0 radical (unpaired) electrons. The van der Waals surface area contributed by atoms with E-state index in [1.54, 1.807) is 23.5 Å². The first-order valence-electron chi connectivity index (χ1n) is 7.54. The van der Waals surface area contributed by atoms with Crippen molar-refractivity contribution >= 4 is 52.6 Å². The van der Waals surface area contributed by atoms with E-state index in [1.165, 1.54) is 6.42 Å². The Morgan fingerprint density at radius 2 is 1.65 bits per heavy atom. The van der Waals surface area contributed by atoms with Crippen LogP contribution in [0.25, 0.3) is 11.6 Å². The molecule has 0 atom stereocenters. The Morgan fingerprint density at radius 1 is 1.00 bits per heavy atom. The van der Waals surface area contributed by atoms with Crippen LogP contribution in [-0.4, -0.2) is 21.9 Å². The van der Waals surface area contributed by atoms with Gasteiger partial charge in [0.15, 0.2) is 5.78 Å². The number of hydrogen-bond donors (Lipinski definition) is 0. The number of halogens is 1. The SMILES string of the molecule is O=C(/C(=C/c1ccc(Cl)cc1)c1ccccc1)C1SCCCS1. The molecule has 0 aliphatic carbocycles. The van der Waals surface area contributed by atoms with Gasteiger partial charge in [0, 0.05) is 10.6 Å². The summed E-state index contributed by atoms with van der Waals surface area (Å²) in [5, 5.41) is 0.702. The smallest absolute Gasteiger partial charge is 0.186 e. The molecule has 1 aliphatic rings. The molecule has 0 N–H and O–H groups in total. The van der Waals surface area contributed by atoms with Gasteiger partial charge in [-0.2, -0.15) is 0 Å². The predicted octanol–water partition coefficient (Wildman–Crippen LogP) is 5.65. The molecule has 1 aliphatic heterocycles. The first kappa shape index (κ1) is 16.7. The third-order valence-corrected chi connectivity index (χ3v) is 6.72. The second-order valence-corrected chi connectivity index (χ2v) is 8.43. The lowest BCUT2D eigenvalue weighted by atomic mass is 9.99. The van der Waals surface area contributed by atoms with Crippen molar-refractivity contribution < 1.29 is 4.79 Å². The fourth-order valence-corrected chi connectivity index (χ4v) is 5.28. The first-order chi connectivity index (χ1) is 11.2. The van der Waals surface area contributed by atoms with E-state index in [0.29, 0.717) is 5.02 Å². The predicted molar refractivity (Wildman–Crippen MR) is 104 cm³/mol. The number of allylic oxidation sites excluding steroid dienone is 1. The van der Waals surface area contributed by atoms with Gasteiger partial charge < -0.3 is 0 Å². The van der Waals surface area contributed by atoms with Gasteiger partial charge in [-0.15, -0.1) is 23.5 Å². The zero-order chi connectivity index (χ0) is 16.1. The van der Waals surface area contributed by atoms with Gasteiger partial charge in [0.1, 0.15) is 4.58 Å². The Bertz CT molecular complexity index is 689. The highest BCUT2D eigenvalue weighted by atomic mass is 35.5. The lowest BCUT2D eigenvalue weighted by Crippen LogP contribution is -2.19. The summed E-state index contributed by atoms with van der Waals surface area (Å²) in [6.45, 7) is 0. The molecule has 1 heterocycles. The standard InChI is InChI=1S/C19H17ClOS2/c20-16-9-7-14(8-10-16)13-17(15-5-2-1-3-6-15)18(21)19-22-11-4-12-23-19/h1-3,5-10,13,19H,4,11-12H2/b17-13+. The molecule has 1 saturated heterocycles. The van der Waals surface area contributed by atoms with Crippen molar-refractivity contribution in [3.8, 4) is 0 Å². The van der Waals surface area contributed by atoms with Crippen molar-refractivity contribution in [1.82, 2.24) is 0 Å². The average molecular weight is 361 g/mol. The molecule has 118 valence electrons. The van der Waals surface area contributed by atoms with E-state index in [0.717, 1.165) is 28.2 Å². The topological polar surface area (TPSA) is 17.1 Å². The maximum absolute atomic E-state index is 13.0. The van der Waals surface area contributed by atoms with Gasteiger partial charge in [-0.25, -0.2) is 0 Å². The highest BCUT2D eigenvalue weighted by Gasteiger charge is 2.26. The van der Waals surface area contributed by atoms with Gasteiger partial charge in [-0.05, 0) is 47.3 Å². The Morgan fingerprint density at radius 3 is 2.30 bits per heavy atom. The molecule has 0 saturated carbocycles. The van der Waals surface area contributed by atoms with Gasteiger partial charge in [-0.1, -0.05) is 54.1 Å². The van der Waals surface area contributed by atoms with Crippen molar-refractivity contribution in [2.45, 2.75) is 11.0 Å². The minimum absolute atomic E-state index is 0.00232. The van der Waals surface area contributed by atoms with Crippen LogP contribution in [-0.2, 0) is 4.79 Å². The van der Waals surface area contributed by atoms with Gasteiger partial charge >= 0.3 is 0 Å². The van der Waals surface area contributed by atoms with E-state index in [4.69, 9.17) is 11.6 Å². The number of carbonyl (C=O) groups excluding carboxylic acids is 1. The van der Waals surface area contributed by atoms with Crippen LogP contribution in [0.1, 0.15) is 17.5 Å². The van der Waals surface area contributed by atoms with Gasteiger partial charge in [0.05, 0.1) is 0 Å². The molecule has 0 amide bonds. The summed E-state index contributed by atoms with van der Waals surface area (Å²) in [7, 11) is 0. The number of ketones is 1. The zero-order valence-electron chi connectivity index (χ0n) is 12.6. The van der Waals surface area contributed by atoms with Crippen LogP contribution in [0.3, 0.4) is 0 Å². The van der Waals surface area contributed by atoms with Crippen molar-refractivity contribution in [1.29, 1.82) is 0 Å². The number of Topliss-reactive ketones (excluding diaryl/α,β-unsaturated/α-hetero) is 1. The quantitative estimate of drug-likeness (QED) is 0.518. The molecule has 2 aromatic carbocycles. The monoisotopic (exact) mass is 360 g/mol. The second kappa shape index (κ2) is 8.09. The molecule has 1 fully saturated rings. The Labute approximate surface area is 150 Å². The lowest BCUT2D eigenvalue weighted by molar-refractivity contribution is -0.112. The molecule has 4 heteroatoms. The molecular weight excluding hydrogens is 344 g/mol. The fourth-order valence-electron chi connectivity index (χ4n) is 2.41. The summed E-state index contributed by atoms with van der Waals surface area (Å²) in [4.78, 5) is 13.0. The van der Waals surface area contributed by atoms with Gasteiger partial charge in [0.2, 0.25) is 0 Å². The van der Waals surface area contributed by atoms with E-state index in [2.05, 4.69) is 0 Å². The fraction of sp³-hybridized carbons (Fsp3) is 0.211. The van der Waals surface area contributed by atoms with Gasteiger partial charge in [0.25, 0.3) is 0 Å². The van der Waals surface area contributed by atoms with Crippen LogP contribution in [0, 0.1) is 0 Å². The first-order valence-corrected chi connectivity index (χ1v) is 10.0. The molecule has 1 nitrogen and oxygen atoms in total. The van der Waals surface area contributed by atoms with Crippen LogP contribution in [0.15, 0.2) is 54.6 Å². The molecule has 0 unspecified atom stereocenters. The zero-order valence-corrected chi connectivity index (χ0v) is 15.0. The normalized spacial score (nSPS) is 16.3. The average Bonchev–Trinajstić information content (AvgIpc) is 2.62. The molecule has 0 aromatic heterocycles. The summed E-state index contributed by atoms with van der Waals surface area (Å²) in [6.07, 6.45) is 3.16. The summed E-state index contributed by atoms with van der Waals surface area (Å²) >= 11 is 9.47. The van der Waals surface area contributed by atoms with E-state index in [-0.39, 0.29) is 10.4 Å². The van der Waals surface area contributed by atoms with Crippen LogP contribution in [0.2, 0.25) is 5.02 Å². The summed E-state index contributed by atoms with van der Waals surface area (Å²) in [5.74, 6) is 2.33. The van der Waals surface area contributed by atoms with Crippen molar-refractivity contribution in [2.75, 3.05) is 11.5 Å². The highest BCUT2D eigenvalue weighted by molar-refractivity contribution is 8.18. The molecule has 3 rings (SSSR count). The molecule has 2 aromatic rings. The van der Waals surface area contributed by atoms with Crippen LogP contribution in [0.5, 0.6) is 0 Å². The van der Waals surface area contributed by atoms with Crippen molar-refractivity contribution in [2.24, 2.45) is 0 Å². The lowest BCUT2D eigenvalue weighted by Gasteiger charge is -2.21. The van der Waals surface area contributed by atoms with E-state index in [9.17, 15) is 4.79 Å². The van der Waals surface area contributed by atoms with Gasteiger partial charge in [-0.3, -0.25) is 4.79 Å². The molecular formula is C19H17ClOS2. The third-order valence-electron chi connectivity index (χ3n) is 3.57. The summed E-state index contributed by atoms with van der Waals surface area (Å²) < 4.78 is 0.00232. The van der Waals surface area contributed by atoms with Crippen molar-refractivity contribution in [3.05, 3.63) is 70.7 Å². The summed E-state index contributed by atoms with van der Waals surface area (Å²) in [6, 6.07) is 17.5.